The number of para-hydroxylation sites is 3. The van der Waals surface area contributed by atoms with Gasteiger partial charge in [-0.3, -0.25) is 0 Å². The zero-order valence-corrected chi connectivity index (χ0v) is 33.1. The Balaban J connectivity index is 1.28. The molecule has 1 aromatic heterocycles. The molecule has 0 N–H and O–H groups in total. The van der Waals surface area contributed by atoms with E-state index >= 15 is 0 Å². The molecule has 0 unspecified atom stereocenters. The van der Waals surface area contributed by atoms with Gasteiger partial charge in [-0.1, -0.05) is 139 Å². The Labute approximate surface area is 329 Å². The summed E-state index contributed by atoms with van der Waals surface area (Å²) in [6.07, 6.45) is 0. The SMILES string of the molecule is CC(C)(C)c1ccc(N2B3c4cccc5c4N(c4ccccc4C5(C)C)c4c3c(cc3oc5ccccc5c43)-c3cc4c(cc32)C(C)(C)c2ccccc2-4)cc1. The Morgan fingerprint density at radius 2 is 1.23 bits per heavy atom. The maximum absolute atomic E-state index is 6.89. The zero-order valence-electron chi connectivity index (χ0n) is 33.1. The first-order chi connectivity index (χ1) is 26.9. The molecule has 4 heteroatoms. The molecule has 0 saturated carbocycles. The van der Waals surface area contributed by atoms with E-state index in [4.69, 9.17) is 4.42 Å². The van der Waals surface area contributed by atoms with Gasteiger partial charge in [-0.2, -0.15) is 0 Å². The number of fused-ring (bicyclic) bond motifs is 13. The summed E-state index contributed by atoms with van der Waals surface area (Å²) >= 11 is 0. The Bertz CT molecular complexity index is 3030. The molecule has 4 heterocycles. The van der Waals surface area contributed by atoms with E-state index in [0.717, 1.165) is 16.6 Å². The Morgan fingerprint density at radius 1 is 0.536 bits per heavy atom. The summed E-state index contributed by atoms with van der Waals surface area (Å²) in [5, 5.41) is 2.33. The first kappa shape index (κ1) is 32.3. The van der Waals surface area contributed by atoms with Crippen LogP contribution in [0.1, 0.15) is 76.3 Å². The van der Waals surface area contributed by atoms with E-state index in [-0.39, 0.29) is 23.1 Å². The van der Waals surface area contributed by atoms with Crippen LogP contribution in [0, 0.1) is 0 Å². The second-order valence-electron chi connectivity index (χ2n) is 18.5. The van der Waals surface area contributed by atoms with Crippen molar-refractivity contribution in [1.29, 1.82) is 0 Å². The van der Waals surface area contributed by atoms with Crippen LogP contribution >= 0.6 is 0 Å². The maximum atomic E-state index is 6.89. The quantitative estimate of drug-likeness (QED) is 0.157. The van der Waals surface area contributed by atoms with Gasteiger partial charge in [0.15, 0.2) is 0 Å². The van der Waals surface area contributed by atoms with Gasteiger partial charge in [-0.05, 0) is 103 Å². The fourth-order valence-electron chi connectivity index (χ4n) is 11.0. The number of benzene rings is 7. The lowest BCUT2D eigenvalue weighted by Gasteiger charge is -2.50. The molecule has 3 nitrogen and oxygen atoms in total. The van der Waals surface area contributed by atoms with Crippen molar-refractivity contribution in [2.45, 2.75) is 64.7 Å². The third-order valence-corrected chi connectivity index (χ3v) is 13.8. The van der Waals surface area contributed by atoms with Gasteiger partial charge in [0.1, 0.15) is 11.2 Å². The number of rotatable bonds is 1. The van der Waals surface area contributed by atoms with Crippen molar-refractivity contribution in [3.63, 3.8) is 0 Å². The molecule has 3 aliphatic heterocycles. The number of furan rings is 1. The van der Waals surface area contributed by atoms with Gasteiger partial charge in [-0.15, -0.1) is 0 Å². The molecule has 0 amide bonds. The predicted octanol–water partition coefficient (Wildman–Crippen LogP) is 12.5. The third kappa shape index (κ3) is 3.90. The van der Waals surface area contributed by atoms with Crippen molar-refractivity contribution in [3.05, 3.63) is 161 Å². The molecule has 0 saturated heterocycles. The van der Waals surface area contributed by atoms with Crippen molar-refractivity contribution in [3.8, 4) is 22.3 Å². The van der Waals surface area contributed by atoms with Gasteiger partial charge in [0.05, 0.1) is 16.8 Å². The molecule has 4 aliphatic rings. The van der Waals surface area contributed by atoms with Crippen LogP contribution in [0.3, 0.4) is 0 Å². The van der Waals surface area contributed by atoms with Crippen LogP contribution in [-0.2, 0) is 16.2 Å². The van der Waals surface area contributed by atoms with Crippen molar-refractivity contribution in [2.24, 2.45) is 0 Å². The topological polar surface area (TPSA) is 19.6 Å². The molecular weight excluding hydrogens is 679 g/mol. The molecular formula is C52H43BN2O. The lowest BCUT2D eigenvalue weighted by molar-refractivity contribution is 0.590. The summed E-state index contributed by atoms with van der Waals surface area (Å²) in [7, 11) is 0. The number of hydrogen-bond donors (Lipinski definition) is 0. The van der Waals surface area contributed by atoms with Gasteiger partial charge < -0.3 is 14.1 Å². The zero-order chi connectivity index (χ0) is 38.0. The highest BCUT2D eigenvalue weighted by molar-refractivity contribution is 6.94. The number of anilines is 5. The molecule has 0 bridgehead atoms. The lowest BCUT2D eigenvalue weighted by atomic mass is 9.42. The molecule has 7 aromatic carbocycles. The van der Waals surface area contributed by atoms with E-state index in [1.165, 1.54) is 94.8 Å². The van der Waals surface area contributed by atoms with Crippen LogP contribution in [0.15, 0.2) is 138 Å². The number of nitrogens with zero attached hydrogens (tertiary/aromatic N) is 2. The highest BCUT2D eigenvalue weighted by atomic mass is 16.3. The van der Waals surface area contributed by atoms with Crippen molar-refractivity contribution >= 4 is 68.1 Å². The smallest absolute Gasteiger partial charge is 0.333 e. The third-order valence-electron chi connectivity index (χ3n) is 13.8. The van der Waals surface area contributed by atoms with E-state index in [2.05, 4.69) is 192 Å². The second-order valence-corrected chi connectivity index (χ2v) is 18.5. The largest absolute Gasteiger partial charge is 0.456 e. The molecule has 270 valence electrons. The molecule has 0 spiro atoms. The van der Waals surface area contributed by atoms with Gasteiger partial charge >= 0.3 is 6.85 Å². The molecule has 12 rings (SSSR count). The van der Waals surface area contributed by atoms with Gasteiger partial charge in [0.25, 0.3) is 0 Å². The monoisotopic (exact) mass is 722 g/mol. The molecule has 0 atom stereocenters. The molecule has 0 radical (unpaired) electrons. The van der Waals surface area contributed by atoms with E-state index in [9.17, 15) is 0 Å². The maximum Gasteiger partial charge on any atom is 0.333 e. The normalized spacial score (nSPS) is 16.3. The van der Waals surface area contributed by atoms with Crippen LogP contribution in [-0.4, -0.2) is 6.85 Å². The molecule has 1 aliphatic carbocycles. The highest BCUT2D eigenvalue weighted by Crippen LogP contribution is 2.59. The summed E-state index contributed by atoms with van der Waals surface area (Å²) in [6.45, 7) is 16.4. The molecule has 56 heavy (non-hydrogen) atoms. The Morgan fingerprint density at radius 3 is 2.04 bits per heavy atom. The van der Waals surface area contributed by atoms with Crippen molar-refractivity contribution < 1.29 is 4.42 Å². The first-order valence-electron chi connectivity index (χ1n) is 20.1. The van der Waals surface area contributed by atoms with Crippen LogP contribution in [0.5, 0.6) is 0 Å². The summed E-state index contributed by atoms with van der Waals surface area (Å²) in [4.78, 5) is 5.30. The Hall–Kier alpha value is -6.00. The van der Waals surface area contributed by atoms with E-state index in [1.807, 2.05) is 0 Å². The predicted molar refractivity (Wildman–Crippen MR) is 236 cm³/mol. The van der Waals surface area contributed by atoms with Crippen LogP contribution < -0.4 is 20.6 Å². The summed E-state index contributed by atoms with van der Waals surface area (Å²) < 4.78 is 6.89. The van der Waals surface area contributed by atoms with Crippen LogP contribution in [0.4, 0.5) is 28.4 Å². The van der Waals surface area contributed by atoms with E-state index in [1.54, 1.807) is 0 Å². The van der Waals surface area contributed by atoms with E-state index in [0.29, 0.717) is 0 Å². The Kier molecular flexibility index (Phi) is 6.02. The standard InChI is InChI=1S/C52H43BN2O/c1-50(2,3)30-23-25-31(26-24-30)55-43-29-40-34(32-15-8-10-17-37(32)51(40,4)5)27-35(43)36-28-45-46(33-16-9-13-22-44(33)56-45)49-47(36)53(55)41-20-14-19-39-48(41)54(49)42-21-12-11-18-38(42)52(39,6)7/h8-29H,1-7H3. The van der Waals surface area contributed by atoms with Crippen molar-refractivity contribution in [1.82, 2.24) is 0 Å². The summed E-state index contributed by atoms with van der Waals surface area (Å²) in [5.41, 5.74) is 22.4. The summed E-state index contributed by atoms with van der Waals surface area (Å²) in [5.74, 6) is 0. The summed E-state index contributed by atoms with van der Waals surface area (Å²) in [6, 6.07) is 50.6. The minimum Gasteiger partial charge on any atom is -0.456 e. The van der Waals surface area contributed by atoms with Gasteiger partial charge in [-0.25, -0.2) is 0 Å². The average Bonchev–Trinajstić information content (AvgIpc) is 3.68. The first-order valence-corrected chi connectivity index (χ1v) is 20.1. The highest BCUT2D eigenvalue weighted by Gasteiger charge is 2.51. The average molecular weight is 723 g/mol. The second kappa shape index (κ2) is 10.4. The number of hydrogen-bond acceptors (Lipinski definition) is 3. The molecule has 0 fully saturated rings. The van der Waals surface area contributed by atoms with Crippen LogP contribution in [0.25, 0.3) is 44.2 Å². The van der Waals surface area contributed by atoms with Crippen molar-refractivity contribution in [2.75, 3.05) is 9.71 Å². The van der Waals surface area contributed by atoms with Gasteiger partial charge in [0.2, 0.25) is 0 Å². The lowest BCUT2D eigenvalue weighted by Crippen LogP contribution is -2.62. The molecule has 8 aromatic rings. The minimum atomic E-state index is -0.201. The minimum absolute atomic E-state index is 0.0471. The fourth-order valence-corrected chi connectivity index (χ4v) is 11.0. The van der Waals surface area contributed by atoms with Crippen LogP contribution in [0.2, 0.25) is 0 Å². The fraction of sp³-hybridized carbons (Fsp3) is 0.192. The van der Waals surface area contributed by atoms with E-state index < -0.39 is 0 Å². The van der Waals surface area contributed by atoms with Gasteiger partial charge in [0, 0.05) is 38.8 Å².